The molecular formula is C26H27F6N3O2. The third kappa shape index (κ3) is 6.82. The lowest BCUT2D eigenvalue weighted by molar-refractivity contribution is -0.143. The molecule has 0 spiro atoms. The second-order valence-electron chi connectivity index (χ2n) is 9.56. The van der Waals surface area contributed by atoms with Crippen molar-refractivity contribution in [2.24, 2.45) is 5.92 Å². The number of piperidine rings is 1. The minimum atomic E-state index is -5.05. The molecule has 200 valence electrons. The van der Waals surface area contributed by atoms with Gasteiger partial charge in [-0.15, -0.1) is 0 Å². The lowest BCUT2D eigenvalue weighted by atomic mass is 9.95. The van der Waals surface area contributed by atoms with Crippen molar-refractivity contribution in [1.29, 1.82) is 0 Å². The number of amides is 2. The average Bonchev–Trinajstić information content (AvgIpc) is 3.35. The summed E-state index contributed by atoms with van der Waals surface area (Å²) in [6.45, 7) is 2.85. The normalized spacial score (nSPS) is 19.2. The number of anilines is 1. The van der Waals surface area contributed by atoms with Crippen molar-refractivity contribution in [3.63, 3.8) is 0 Å². The van der Waals surface area contributed by atoms with Crippen molar-refractivity contribution in [2.45, 2.75) is 44.6 Å². The van der Waals surface area contributed by atoms with E-state index in [0.717, 1.165) is 42.9 Å². The molecule has 1 atom stereocenters. The molecule has 5 nitrogen and oxygen atoms in total. The maximum Gasteiger partial charge on any atom is 0.416 e. The summed E-state index contributed by atoms with van der Waals surface area (Å²) in [6, 6.07) is 8.27. The largest absolute Gasteiger partial charge is 0.416 e. The first-order valence-corrected chi connectivity index (χ1v) is 12.1. The van der Waals surface area contributed by atoms with Crippen LogP contribution in [0.15, 0.2) is 42.5 Å². The summed E-state index contributed by atoms with van der Waals surface area (Å²) < 4.78 is 79.3. The first-order valence-electron chi connectivity index (χ1n) is 12.1. The number of benzene rings is 2. The van der Waals surface area contributed by atoms with Gasteiger partial charge in [0.15, 0.2) is 0 Å². The van der Waals surface area contributed by atoms with Crippen LogP contribution in [0.5, 0.6) is 0 Å². The Kier molecular flexibility index (Phi) is 7.82. The maximum atomic E-state index is 13.2. The Morgan fingerprint density at radius 2 is 1.51 bits per heavy atom. The molecule has 2 aromatic carbocycles. The van der Waals surface area contributed by atoms with Gasteiger partial charge in [0.25, 0.3) is 5.91 Å². The van der Waals surface area contributed by atoms with Crippen LogP contribution >= 0.6 is 0 Å². The molecule has 4 rings (SSSR count). The van der Waals surface area contributed by atoms with Gasteiger partial charge >= 0.3 is 12.4 Å². The highest BCUT2D eigenvalue weighted by atomic mass is 19.4. The van der Waals surface area contributed by atoms with Crippen LogP contribution in [0, 0.1) is 5.92 Å². The number of carbonyl (C=O) groups excluding carboxylic acids is 2. The molecule has 0 saturated carbocycles. The number of halogens is 6. The number of alkyl halides is 6. The Morgan fingerprint density at radius 3 is 2.14 bits per heavy atom. The van der Waals surface area contributed by atoms with Gasteiger partial charge in [-0.2, -0.15) is 26.3 Å². The average molecular weight is 528 g/mol. The highest BCUT2D eigenvalue weighted by Crippen LogP contribution is 2.37. The van der Waals surface area contributed by atoms with Crippen molar-refractivity contribution in [3.8, 4) is 0 Å². The van der Waals surface area contributed by atoms with Crippen LogP contribution in [0.1, 0.15) is 52.7 Å². The third-order valence-corrected chi connectivity index (χ3v) is 6.71. The highest BCUT2D eigenvalue weighted by Gasteiger charge is 2.38. The van der Waals surface area contributed by atoms with Crippen LogP contribution in [-0.2, 0) is 23.7 Å². The molecule has 0 radical (unpaired) electrons. The SMILES string of the molecule is O=C(Nc1cccc(CN2CCCC2)c1)C1CCCN(C(=O)c2cc(C(F)(F)F)cc(C(F)(F)F)c2)C1. The van der Waals surface area contributed by atoms with E-state index in [9.17, 15) is 35.9 Å². The minimum absolute atomic E-state index is 0.0128. The maximum absolute atomic E-state index is 13.2. The van der Waals surface area contributed by atoms with E-state index in [0.29, 0.717) is 30.7 Å². The summed E-state index contributed by atoms with van der Waals surface area (Å²) in [4.78, 5) is 29.4. The fraction of sp³-hybridized carbons (Fsp3) is 0.462. The number of nitrogens with zero attached hydrogens (tertiary/aromatic N) is 2. The molecule has 2 saturated heterocycles. The Balaban J connectivity index is 1.45. The molecule has 1 unspecified atom stereocenters. The van der Waals surface area contributed by atoms with E-state index in [1.54, 1.807) is 6.07 Å². The zero-order chi connectivity index (χ0) is 26.8. The van der Waals surface area contributed by atoms with Crippen LogP contribution in [0.4, 0.5) is 32.0 Å². The van der Waals surface area contributed by atoms with Crippen molar-refractivity contribution in [1.82, 2.24) is 9.80 Å². The van der Waals surface area contributed by atoms with Gasteiger partial charge < -0.3 is 10.2 Å². The van der Waals surface area contributed by atoms with E-state index < -0.39 is 40.9 Å². The van der Waals surface area contributed by atoms with E-state index in [1.165, 1.54) is 0 Å². The smallest absolute Gasteiger partial charge is 0.338 e. The van der Waals surface area contributed by atoms with Crippen molar-refractivity contribution < 1.29 is 35.9 Å². The molecule has 2 fully saturated rings. The van der Waals surface area contributed by atoms with Crippen molar-refractivity contribution in [2.75, 3.05) is 31.5 Å². The van der Waals surface area contributed by atoms with Crippen molar-refractivity contribution >= 4 is 17.5 Å². The van der Waals surface area contributed by atoms with E-state index in [1.807, 2.05) is 18.2 Å². The standard InChI is InChI=1S/C26H27F6N3O2/c27-25(28,29)20-12-19(13-21(14-20)26(30,31)32)24(37)35-10-4-6-18(16-35)23(36)33-22-7-3-5-17(11-22)15-34-8-1-2-9-34/h3,5,7,11-14,18H,1-2,4,6,8-10,15-16H2,(H,33,36). The molecule has 2 aliphatic rings. The molecule has 2 amide bonds. The highest BCUT2D eigenvalue weighted by molar-refractivity contribution is 5.96. The number of carbonyl (C=O) groups is 2. The third-order valence-electron chi connectivity index (χ3n) is 6.71. The summed E-state index contributed by atoms with van der Waals surface area (Å²) >= 11 is 0. The second kappa shape index (κ2) is 10.7. The lowest BCUT2D eigenvalue weighted by Crippen LogP contribution is -2.43. The Morgan fingerprint density at radius 1 is 0.865 bits per heavy atom. The summed E-state index contributed by atoms with van der Waals surface area (Å²) in [5.74, 6) is -1.97. The lowest BCUT2D eigenvalue weighted by Gasteiger charge is -2.32. The van der Waals surface area contributed by atoms with Crippen LogP contribution in [0.2, 0.25) is 0 Å². The van der Waals surface area contributed by atoms with Crippen LogP contribution in [0.3, 0.4) is 0 Å². The zero-order valence-electron chi connectivity index (χ0n) is 20.0. The molecule has 2 aromatic rings. The molecule has 11 heteroatoms. The van der Waals surface area contributed by atoms with E-state index in [4.69, 9.17) is 0 Å². The molecule has 1 N–H and O–H groups in total. The van der Waals surface area contributed by atoms with Crippen molar-refractivity contribution in [3.05, 3.63) is 64.7 Å². The number of hydrogen-bond acceptors (Lipinski definition) is 3. The number of rotatable bonds is 5. The fourth-order valence-corrected chi connectivity index (χ4v) is 4.83. The molecule has 2 heterocycles. The summed E-state index contributed by atoms with van der Waals surface area (Å²) in [7, 11) is 0. The van der Waals surface area contributed by atoms with E-state index >= 15 is 0 Å². The van der Waals surface area contributed by atoms with Gasteiger partial charge in [0.2, 0.25) is 5.91 Å². The summed E-state index contributed by atoms with van der Waals surface area (Å²) in [5, 5.41) is 2.84. The predicted octanol–water partition coefficient (Wildman–Crippen LogP) is 5.81. The quantitative estimate of drug-likeness (QED) is 0.500. The Hall–Kier alpha value is -3.08. The Labute approximate surface area is 210 Å². The number of hydrogen-bond donors (Lipinski definition) is 1. The fourth-order valence-electron chi connectivity index (χ4n) is 4.83. The number of likely N-dealkylation sites (tertiary alicyclic amines) is 2. The Bertz CT molecular complexity index is 1110. The van der Waals surface area contributed by atoms with Gasteiger partial charge in [-0.25, -0.2) is 0 Å². The van der Waals surface area contributed by atoms with Gasteiger partial charge in [-0.1, -0.05) is 12.1 Å². The van der Waals surface area contributed by atoms with E-state index in [-0.39, 0.29) is 25.1 Å². The first kappa shape index (κ1) is 27.0. The second-order valence-corrected chi connectivity index (χ2v) is 9.56. The molecule has 0 aliphatic carbocycles. The number of nitrogens with one attached hydrogen (secondary N) is 1. The molecule has 37 heavy (non-hydrogen) atoms. The van der Waals surface area contributed by atoms with Crippen LogP contribution in [0.25, 0.3) is 0 Å². The van der Waals surface area contributed by atoms with E-state index in [2.05, 4.69) is 10.2 Å². The van der Waals surface area contributed by atoms with Crippen LogP contribution < -0.4 is 5.32 Å². The van der Waals surface area contributed by atoms with Gasteiger partial charge in [0.05, 0.1) is 17.0 Å². The van der Waals surface area contributed by atoms with Crippen LogP contribution in [-0.4, -0.2) is 47.8 Å². The topological polar surface area (TPSA) is 52.7 Å². The minimum Gasteiger partial charge on any atom is -0.338 e. The predicted molar refractivity (Wildman–Crippen MR) is 125 cm³/mol. The molecule has 2 aliphatic heterocycles. The zero-order valence-corrected chi connectivity index (χ0v) is 20.0. The first-order chi connectivity index (χ1) is 17.4. The van der Waals surface area contributed by atoms with Gasteiger partial charge in [0, 0.05) is 30.9 Å². The molecule has 0 aromatic heterocycles. The van der Waals surface area contributed by atoms with Gasteiger partial charge in [-0.05, 0) is 74.7 Å². The monoisotopic (exact) mass is 527 g/mol. The van der Waals surface area contributed by atoms with Gasteiger partial charge in [0.1, 0.15) is 0 Å². The molecule has 0 bridgehead atoms. The summed E-state index contributed by atoms with van der Waals surface area (Å²) in [6.07, 6.45) is -6.95. The molecular weight excluding hydrogens is 500 g/mol. The summed E-state index contributed by atoms with van der Waals surface area (Å²) in [5.41, 5.74) is -2.17. The van der Waals surface area contributed by atoms with Gasteiger partial charge in [-0.3, -0.25) is 14.5 Å².